The molecule has 1 amide bonds. The maximum atomic E-state index is 12.2. The number of nitrogens with one attached hydrogen (secondary N) is 1. The molecule has 0 bridgehead atoms. The number of carbonyl (C=O) groups is 1. The first-order chi connectivity index (χ1) is 11.7. The minimum atomic E-state index is 0.129. The average Bonchev–Trinajstić information content (AvgIpc) is 2.97. The highest BCUT2D eigenvalue weighted by Crippen LogP contribution is 2.20. The highest BCUT2D eigenvalue weighted by molar-refractivity contribution is 5.82. The number of para-hydroxylation sites is 1. The first-order valence-corrected chi connectivity index (χ1v) is 9.10. The predicted molar refractivity (Wildman–Crippen MR) is 96.8 cm³/mol. The molecule has 1 N–H and O–H groups in total. The van der Waals surface area contributed by atoms with Crippen molar-refractivity contribution in [2.24, 2.45) is 0 Å². The number of hydrogen-bond donors (Lipinski definition) is 1. The summed E-state index contributed by atoms with van der Waals surface area (Å²) in [5, 5.41) is 8.82. The number of benzene rings is 1. The normalized spacial score (nSPS) is 18.8. The van der Waals surface area contributed by atoms with Crippen LogP contribution < -0.4 is 5.32 Å². The van der Waals surface area contributed by atoms with Gasteiger partial charge in [0.1, 0.15) is 0 Å². The van der Waals surface area contributed by atoms with Crippen molar-refractivity contribution in [1.29, 1.82) is 0 Å². The van der Waals surface area contributed by atoms with Gasteiger partial charge >= 0.3 is 0 Å². The molecule has 1 fully saturated rings. The molecule has 1 aromatic heterocycles. The molecule has 1 saturated heterocycles. The van der Waals surface area contributed by atoms with Gasteiger partial charge in [0.05, 0.1) is 17.8 Å². The minimum Gasteiger partial charge on any atom is -0.350 e. The molecular weight excluding hydrogens is 300 g/mol. The molecule has 5 nitrogen and oxygen atoms in total. The Kier molecular flexibility index (Phi) is 5.51. The predicted octanol–water partition coefficient (Wildman–Crippen LogP) is 2.94. The molecule has 3 rings (SSSR count). The van der Waals surface area contributed by atoms with Crippen molar-refractivity contribution < 1.29 is 4.79 Å². The monoisotopic (exact) mass is 328 g/mol. The summed E-state index contributed by atoms with van der Waals surface area (Å²) in [5.74, 6) is 0.129. The second kappa shape index (κ2) is 7.79. The topological polar surface area (TPSA) is 50.2 Å². The Bertz CT molecular complexity index is 694. The van der Waals surface area contributed by atoms with E-state index in [0.717, 1.165) is 36.1 Å². The van der Waals surface area contributed by atoms with Crippen LogP contribution in [0.25, 0.3) is 10.9 Å². The van der Waals surface area contributed by atoms with Crippen molar-refractivity contribution in [3.05, 3.63) is 30.0 Å². The molecular formula is C19H28N4O. The molecule has 0 saturated carbocycles. The van der Waals surface area contributed by atoms with Crippen molar-refractivity contribution in [2.75, 3.05) is 13.6 Å². The molecule has 1 aromatic carbocycles. The fraction of sp³-hybridized carbons (Fsp3) is 0.579. The van der Waals surface area contributed by atoms with E-state index in [0.29, 0.717) is 19.0 Å². The van der Waals surface area contributed by atoms with Gasteiger partial charge in [0.25, 0.3) is 0 Å². The largest absolute Gasteiger partial charge is 0.350 e. The number of likely N-dealkylation sites (tertiary alicyclic amines) is 1. The van der Waals surface area contributed by atoms with Crippen molar-refractivity contribution in [1.82, 2.24) is 20.0 Å². The Hall–Kier alpha value is -1.88. The van der Waals surface area contributed by atoms with Crippen LogP contribution in [-0.4, -0.2) is 40.2 Å². The first-order valence-electron chi connectivity index (χ1n) is 9.10. The zero-order valence-electron chi connectivity index (χ0n) is 14.8. The van der Waals surface area contributed by atoms with E-state index in [9.17, 15) is 4.79 Å². The Morgan fingerprint density at radius 3 is 2.96 bits per heavy atom. The smallest absolute Gasteiger partial charge is 0.220 e. The lowest BCUT2D eigenvalue weighted by Gasteiger charge is -2.32. The summed E-state index contributed by atoms with van der Waals surface area (Å²) < 4.78 is 1.99. The molecule has 1 atom stereocenters. The van der Waals surface area contributed by atoms with E-state index in [4.69, 9.17) is 0 Å². The van der Waals surface area contributed by atoms with Gasteiger partial charge in [-0.05, 0) is 45.8 Å². The summed E-state index contributed by atoms with van der Waals surface area (Å²) >= 11 is 0. The SMILES string of the molecule is CCn1nc(CNC(=O)CC[C@H]2CCCCN2C)c2ccccc21. The number of amides is 1. The number of hydrogen-bond acceptors (Lipinski definition) is 3. The molecule has 24 heavy (non-hydrogen) atoms. The maximum absolute atomic E-state index is 12.2. The van der Waals surface area contributed by atoms with Gasteiger partial charge in [-0.15, -0.1) is 0 Å². The molecule has 0 spiro atoms. The Labute approximate surface area is 144 Å². The summed E-state index contributed by atoms with van der Waals surface area (Å²) in [5.41, 5.74) is 2.09. The molecule has 0 unspecified atom stereocenters. The fourth-order valence-corrected chi connectivity index (χ4v) is 3.65. The lowest BCUT2D eigenvalue weighted by Crippen LogP contribution is -2.37. The van der Waals surface area contributed by atoms with E-state index in [1.54, 1.807) is 0 Å². The molecule has 2 aromatic rings. The van der Waals surface area contributed by atoms with Gasteiger partial charge in [0.15, 0.2) is 0 Å². The summed E-state index contributed by atoms with van der Waals surface area (Å²) in [4.78, 5) is 14.6. The summed E-state index contributed by atoms with van der Waals surface area (Å²) in [6.45, 7) is 4.59. The summed E-state index contributed by atoms with van der Waals surface area (Å²) in [6.07, 6.45) is 5.34. The number of carbonyl (C=O) groups excluding carboxylic acids is 1. The van der Waals surface area contributed by atoms with Crippen molar-refractivity contribution in [3.63, 3.8) is 0 Å². The van der Waals surface area contributed by atoms with Crippen LogP contribution in [0.4, 0.5) is 0 Å². The Morgan fingerprint density at radius 2 is 2.17 bits per heavy atom. The van der Waals surface area contributed by atoms with Crippen LogP contribution in [0.1, 0.15) is 44.7 Å². The van der Waals surface area contributed by atoms with Gasteiger partial charge in [0, 0.05) is 24.4 Å². The van der Waals surface area contributed by atoms with Crippen LogP contribution in [0.2, 0.25) is 0 Å². The summed E-state index contributed by atoms with van der Waals surface area (Å²) in [7, 11) is 2.17. The van der Waals surface area contributed by atoms with E-state index in [-0.39, 0.29) is 5.91 Å². The van der Waals surface area contributed by atoms with Gasteiger partial charge in [0.2, 0.25) is 5.91 Å². The molecule has 130 valence electrons. The van der Waals surface area contributed by atoms with E-state index in [1.807, 2.05) is 16.8 Å². The van der Waals surface area contributed by atoms with Gasteiger partial charge < -0.3 is 10.2 Å². The second-order valence-corrected chi connectivity index (χ2v) is 6.73. The molecule has 0 aliphatic carbocycles. The zero-order valence-corrected chi connectivity index (χ0v) is 14.8. The fourth-order valence-electron chi connectivity index (χ4n) is 3.65. The highest BCUT2D eigenvalue weighted by atomic mass is 16.1. The van der Waals surface area contributed by atoms with Crippen molar-refractivity contribution in [2.45, 2.75) is 58.2 Å². The van der Waals surface area contributed by atoms with Crippen molar-refractivity contribution in [3.8, 4) is 0 Å². The number of fused-ring (bicyclic) bond motifs is 1. The number of piperidine rings is 1. The molecule has 1 aliphatic rings. The number of rotatable bonds is 6. The number of aryl methyl sites for hydroxylation is 1. The van der Waals surface area contributed by atoms with E-state index >= 15 is 0 Å². The molecule has 1 aliphatic heterocycles. The van der Waals surface area contributed by atoms with Gasteiger partial charge in [-0.2, -0.15) is 5.10 Å². The van der Waals surface area contributed by atoms with Gasteiger partial charge in [-0.1, -0.05) is 24.6 Å². The first kappa shape index (κ1) is 17.0. The number of aromatic nitrogens is 2. The lowest BCUT2D eigenvalue weighted by molar-refractivity contribution is -0.121. The number of nitrogens with zero attached hydrogens (tertiary/aromatic N) is 3. The molecule has 5 heteroatoms. The molecule has 2 heterocycles. The third kappa shape index (κ3) is 3.78. The quantitative estimate of drug-likeness (QED) is 0.887. The van der Waals surface area contributed by atoms with Crippen LogP contribution in [-0.2, 0) is 17.9 Å². The van der Waals surface area contributed by atoms with Crippen LogP contribution in [0.5, 0.6) is 0 Å². The Morgan fingerprint density at radius 1 is 1.33 bits per heavy atom. The van der Waals surface area contributed by atoms with Gasteiger partial charge in [-0.3, -0.25) is 9.48 Å². The van der Waals surface area contributed by atoms with Crippen LogP contribution in [0, 0.1) is 0 Å². The maximum Gasteiger partial charge on any atom is 0.220 e. The summed E-state index contributed by atoms with van der Waals surface area (Å²) in [6, 6.07) is 8.76. The van der Waals surface area contributed by atoms with Crippen LogP contribution in [0.15, 0.2) is 24.3 Å². The van der Waals surface area contributed by atoms with Crippen LogP contribution in [0.3, 0.4) is 0 Å². The highest BCUT2D eigenvalue weighted by Gasteiger charge is 2.19. The average molecular weight is 328 g/mol. The third-order valence-corrected chi connectivity index (χ3v) is 5.11. The van der Waals surface area contributed by atoms with E-state index < -0.39 is 0 Å². The third-order valence-electron chi connectivity index (χ3n) is 5.11. The van der Waals surface area contributed by atoms with Crippen molar-refractivity contribution >= 4 is 16.8 Å². The Balaban J connectivity index is 1.55. The van der Waals surface area contributed by atoms with Crippen LogP contribution >= 0.6 is 0 Å². The zero-order chi connectivity index (χ0) is 16.9. The second-order valence-electron chi connectivity index (χ2n) is 6.73. The minimum absolute atomic E-state index is 0.129. The van der Waals surface area contributed by atoms with E-state index in [2.05, 4.69) is 41.4 Å². The molecule has 0 radical (unpaired) electrons. The van der Waals surface area contributed by atoms with E-state index in [1.165, 1.54) is 19.3 Å². The van der Waals surface area contributed by atoms with Gasteiger partial charge in [-0.25, -0.2) is 0 Å². The standard InChI is InChI=1S/C19H28N4O/c1-3-23-18-10-5-4-9-16(18)17(21-23)14-20-19(24)12-11-15-8-6-7-13-22(15)2/h4-5,9-10,15H,3,6-8,11-14H2,1-2H3,(H,20,24)/t15-/m1/s1. The lowest BCUT2D eigenvalue weighted by atomic mass is 9.98.